The highest BCUT2D eigenvalue weighted by molar-refractivity contribution is 5.27. The van der Waals surface area contributed by atoms with Gasteiger partial charge < -0.3 is 4.74 Å². The minimum Gasteiger partial charge on any atom is -0.497 e. The fourth-order valence-electron chi connectivity index (χ4n) is 1.90. The Morgan fingerprint density at radius 1 is 1.35 bits per heavy atom. The molecule has 0 heterocycles. The molecule has 0 spiro atoms. The van der Waals surface area contributed by atoms with Gasteiger partial charge in [-0.05, 0) is 37.6 Å². The standard InChI is InChI=1S/C14H20N2O/c1-4-16(10-9-15)12(2)11-13-5-7-14(17-3)8-6-13/h5-8,12H,4,10-11H2,1-3H3/t12-/m1/s1. The highest BCUT2D eigenvalue weighted by Gasteiger charge is 2.11. The van der Waals surface area contributed by atoms with E-state index in [2.05, 4.69) is 36.9 Å². The highest BCUT2D eigenvalue weighted by Crippen LogP contribution is 2.14. The summed E-state index contributed by atoms with van der Waals surface area (Å²) in [6, 6.07) is 10.7. The van der Waals surface area contributed by atoms with E-state index in [4.69, 9.17) is 10.00 Å². The number of hydrogen-bond acceptors (Lipinski definition) is 3. The second kappa shape index (κ2) is 6.93. The molecule has 0 fully saturated rings. The van der Waals surface area contributed by atoms with Gasteiger partial charge in [-0.2, -0.15) is 5.26 Å². The third-order valence-electron chi connectivity index (χ3n) is 2.99. The molecule has 0 aliphatic rings. The zero-order chi connectivity index (χ0) is 12.7. The minimum atomic E-state index is 0.382. The predicted octanol–water partition coefficient (Wildman–Crippen LogP) is 2.47. The maximum Gasteiger partial charge on any atom is 0.118 e. The molecule has 0 aliphatic heterocycles. The Morgan fingerprint density at radius 3 is 2.47 bits per heavy atom. The molecule has 0 aromatic heterocycles. The summed E-state index contributed by atoms with van der Waals surface area (Å²) in [7, 11) is 1.67. The van der Waals surface area contributed by atoms with Crippen LogP contribution in [0.15, 0.2) is 24.3 Å². The lowest BCUT2D eigenvalue weighted by atomic mass is 10.1. The quantitative estimate of drug-likeness (QED) is 0.707. The first-order valence-electron chi connectivity index (χ1n) is 5.95. The summed E-state index contributed by atoms with van der Waals surface area (Å²) >= 11 is 0. The second-order valence-electron chi connectivity index (χ2n) is 4.12. The number of methoxy groups -OCH3 is 1. The van der Waals surface area contributed by atoms with Crippen molar-refractivity contribution in [3.05, 3.63) is 29.8 Å². The summed E-state index contributed by atoms with van der Waals surface area (Å²) in [5.74, 6) is 0.880. The normalized spacial score (nSPS) is 12.2. The van der Waals surface area contributed by atoms with Crippen molar-refractivity contribution in [3.8, 4) is 11.8 Å². The van der Waals surface area contributed by atoms with Gasteiger partial charge >= 0.3 is 0 Å². The van der Waals surface area contributed by atoms with E-state index in [0.29, 0.717) is 12.6 Å². The van der Waals surface area contributed by atoms with Crippen LogP contribution in [0.4, 0.5) is 0 Å². The second-order valence-corrected chi connectivity index (χ2v) is 4.12. The van der Waals surface area contributed by atoms with Crippen LogP contribution in [0, 0.1) is 11.3 Å². The maximum atomic E-state index is 8.74. The van der Waals surface area contributed by atoms with Gasteiger partial charge in [0.25, 0.3) is 0 Å². The van der Waals surface area contributed by atoms with Crippen LogP contribution in [0.1, 0.15) is 19.4 Å². The molecule has 0 amide bonds. The van der Waals surface area contributed by atoms with Gasteiger partial charge in [0.1, 0.15) is 5.75 Å². The fraction of sp³-hybridized carbons (Fsp3) is 0.500. The van der Waals surface area contributed by atoms with Crippen LogP contribution in [-0.4, -0.2) is 31.1 Å². The zero-order valence-corrected chi connectivity index (χ0v) is 10.8. The van der Waals surface area contributed by atoms with Crippen molar-refractivity contribution in [2.75, 3.05) is 20.2 Å². The zero-order valence-electron chi connectivity index (χ0n) is 10.8. The first-order valence-corrected chi connectivity index (χ1v) is 5.95. The molecule has 0 saturated carbocycles. The van der Waals surface area contributed by atoms with Gasteiger partial charge in [0.2, 0.25) is 0 Å². The summed E-state index contributed by atoms with van der Waals surface area (Å²) in [5.41, 5.74) is 1.27. The molecule has 1 aromatic rings. The summed E-state index contributed by atoms with van der Waals surface area (Å²) in [6.07, 6.45) is 0.958. The largest absolute Gasteiger partial charge is 0.497 e. The smallest absolute Gasteiger partial charge is 0.118 e. The lowest BCUT2D eigenvalue weighted by Gasteiger charge is -2.25. The van der Waals surface area contributed by atoms with Crippen LogP contribution >= 0.6 is 0 Å². The molecule has 3 nitrogen and oxygen atoms in total. The van der Waals surface area contributed by atoms with Crippen molar-refractivity contribution >= 4 is 0 Å². The fourth-order valence-corrected chi connectivity index (χ4v) is 1.90. The Labute approximate surface area is 104 Å². The highest BCUT2D eigenvalue weighted by atomic mass is 16.5. The van der Waals surface area contributed by atoms with E-state index in [0.717, 1.165) is 18.7 Å². The summed E-state index contributed by atoms with van der Waals surface area (Å²) in [6.45, 7) is 5.64. The van der Waals surface area contributed by atoms with Crippen molar-refractivity contribution in [1.82, 2.24) is 4.90 Å². The van der Waals surface area contributed by atoms with Crippen LogP contribution in [0.3, 0.4) is 0 Å². The molecule has 1 atom stereocenters. The van der Waals surface area contributed by atoms with Crippen LogP contribution in [-0.2, 0) is 6.42 Å². The van der Waals surface area contributed by atoms with E-state index < -0.39 is 0 Å². The van der Waals surface area contributed by atoms with E-state index in [-0.39, 0.29) is 0 Å². The summed E-state index contributed by atoms with van der Waals surface area (Å²) < 4.78 is 5.13. The Hall–Kier alpha value is -1.53. The van der Waals surface area contributed by atoms with Gasteiger partial charge in [0.15, 0.2) is 0 Å². The number of ether oxygens (including phenoxy) is 1. The monoisotopic (exact) mass is 232 g/mol. The SMILES string of the molecule is CCN(CC#N)[C@H](C)Cc1ccc(OC)cc1. The first-order chi connectivity index (χ1) is 8.21. The number of rotatable bonds is 6. The van der Waals surface area contributed by atoms with Crippen LogP contribution in [0.25, 0.3) is 0 Å². The van der Waals surface area contributed by atoms with E-state index in [1.165, 1.54) is 5.56 Å². The minimum absolute atomic E-state index is 0.382. The molecule has 92 valence electrons. The Kier molecular flexibility index (Phi) is 5.51. The molecular formula is C14H20N2O. The molecule has 1 aromatic carbocycles. The molecule has 0 saturated heterocycles. The van der Waals surface area contributed by atoms with Crippen molar-refractivity contribution in [2.24, 2.45) is 0 Å². The average molecular weight is 232 g/mol. The Morgan fingerprint density at radius 2 is 2.00 bits per heavy atom. The van der Waals surface area contributed by atoms with Gasteiger partial charge in [0, 0.05) is 6.04 Å². The van der Waals surface area contributed by atoms with Crippen molar-refractivity contribution in [3.63, 3.8) is 0 Å². The molecule has 0 aliphatic carbocycles. The van der Waals surface area contributed by atoms with Gasteiger partial charge in [-0.3, -0.25) is 4.90 Å². The molecule has 3 heteroatoms. The molecular weight excluding hydrogens is 212 g/mol. The summed E-state index contributed by atoms with van der Waals surface area (Å²) in [4.78, 5) is 2.17. The summed E-state index contributed by atoms with van der Waals surface area (Å²) in [5, 5.41) is 8.74. The van der Waals surface area contributed by atoms with Gasteiger partial charge in [-0.1, -0.05) is 19.1 Å². The van der Waals surface area contributed by atoms with E-state index in [1.54, 1.807) is 7.11 Å². The molecule has 0 radical (unpaired) electrons. The molecule has 0 N–H and O–H groups in total. The number of benzene rings is 1. The van der Waals surface area contributed by atoms with E-state index >= 15 is 0 Å². The molecule has 17 heavy (non-hydrogen) atoms. The van der Waals surface area contributed by atoms with Crippen molar-refractivity contribution < 1.29 is 4.74 Å². The number of hydrogen-bond donors (Lipinski definition) is 0. The maximum absolute atomic E-state index is 8.74. The van der Waals surface area contributed by atoms with Crippen LogP contribution < -0.4 is 4.74 Å². The van der Waals surface area contributed by atoms with Gasteiger partial charge in [-0.15, -0.1) is 0 Å². The molecule has 0 unspecified atom stereocenters. The number of nitriles is 1. The Balaban J connectivity index is 2.60. The van der Waals surface area contributed by atoms with E-state index in [1.807, 2.05) is 12.1 Å². The van der Waals surface area contributed by atoms with Crippen molar-refractivity contribution in [2.45, 2.75) is 26.3 Å². The topological polar surface area (TPSA) is 36.3 Å². The lowest BCUT2D eigenvalue weighted by molar-refractivity contribution is 0.245. The third kappa shape index (κ3) is 4.08. The first kappa shape index (κ1) is 13.5. The molecule has 1 rings (SSSR count). The van der Waals surface area contributed by atoms with Crippen LogP contribution in [0.2, 0.25) is 0 Å². The number of likely N-dealkylation sites (N-methyl/N-ethyl adjacent to an activating group) is 1. The Bertz CT molecular complexity index is 367. The third-order valence-corrected chi connectivity index (χ3v) is 2.99. The lowest BCUT2D eigenvalue weighted by Crippen LogP contribution is -2.34. The number of nitrogens with zero attached hydrogens (tertiary/aromatic N) is 2. The molecule has 0 bridgehead atoms. The van der Waals surface area contributed by atoms with Crippen molar-refractivity contribution in [1.29, 1.82) is 5.26 Å². The van der Waals surface area contributed by atoms with E-state index in [9.17, 15) is 0 Å². The van der Waals surface area contributed by atoms with Gasteiger partial charge in [0.05, 0.1) is 19.7 Å². The predicted molar refractivity (Wildman–Crippen MR) is 69.0 cm³/mol. The van der Waals surface area contributed by atoms with Gasteiger partial charge in [-0.25, -0.2) is 0 Å². The average Bonchev–Trinajstić information content (AvgIpc) is 2.36. The van der Waals surface area contributed by atoms with Crippen LogP contribution in [0.5, 0.6) is 5.75 Å².